The van der Waals surface area contributed by atoms with E-state index in [2.05, 4.69) is 18.7 Å². The van der Waals surface area contributed by atoms with E-state index >= 15 is 0 Å². The Kier molecular flexibility index (Phi) is 5.20. The van der Waals surface area contributed by atoms with Crippen LogP contribution in [0.4, 0.5) is 11.4 Å². The van der Waals surface area contributed by atoms with Gasteiger partial charge in [0.1, 0.15) is 0 Å². The highest BCUT2D eigenvalue weighted by molar-refractivity contribution is 7.89. The van der Waals surface area contributed by atoms with Gasteiger partial charge in [0.15, 0.2) is 0 Å². The minimum Gasteiger partial charge on any atom is -0.397 e. The number of nitrogens with two attached hydrogens (primary N) is 1. The molecule has 108 valence electrons. The van der Waals surface area contributed by atoms with Crippen molar-refractivity contribution in [2.75, 3.05) is 37.8 Å². The van der Waals surface area contributed by atoms with Crippen LogP contribution >= 0.6 is 0 Å². The van der Waals surface area contributed by atoms with E-state index < -0.39 is 10.0 Å². The molecule has 2 N–H and O–H groups in total. The molecular formula is C13H23N3O2S. The average Bonchev–Trinajstić information content (AvgIpc) is 2.36. The number of benzene rings is 1. The smallest absolute Gasteiger partial charge is 0.242 e. The maximum Gasteiger partial charge on any atom is 0.242 e. The first-order valence-electron chi connectivity index (χ1n) is 6.41. The largest absolute Gasteiger partial charge is 0.397 e. The molecule has 1 aromatic rings. The monoisotopic (exact) mass is 285 g/mol. The van der Waals surface area contributed by atoms with E-state index in [0.717, 1.165) is 25.2 Å². The summed E-state index contributed by atoms with van der Waals surface area (Å²) in [5.41, 5.74) is 7.39. The summed E-state index contributed by atoms with van der Waals surface area (Å²) < 4.78 is 25.2. The van der Waals surface area contributed by atoms with Crippen LogP contribution in [0.2, 0.25) is 0 Å². The highest BCUT2D eigenvalue weighted by Crippen LogP contribution is 2.27. The summed E-state index contributed by atoms with van der Waals surface area (Å²) in [6.45, 7) is 5.90. The molecule has 0 spiro atoms. The third kappa shape index (κ3) is 3.39. The number of rotatable bonds is 6. The van der Waals surface area contributed by atoms with Crippen molar-refractivity contribution < 1.29 is 8.42 Å². The standard InChI is InChI=1S/C13H23N3O2S/c1-5-9-16(6-2)13-8-7-11(10-12(13)14)19(17,18)15(3)4/h7-8,10H,5-6,9,14H2,1-4H3. The van der Waals surface area contributed by atoms with Crippen molar-refractivity contribution in [1.82, 2.24) is 4.31 Å². The highest BCUT2D eigenvalue weighted by Gasteiger charge is 2.19. The highest BCUT2D eigenvalue weighted by atomic mass is 32.2. The number of hydrogen-bond acceptors (Lipinski definition) is 4. The summed E-state index contributed by atoms with van der Waals surface area (Å²) in [6, 6.07) is 4.92. The molecule has 0 aliphatic rings. The van der Waals surface area contributed by atoms with Gasteiger partial charge in [-0.2, -0.15) is 0 Å². The SMILES string of the molecule is CCCN(CC)c1ccc(S(=O)(=O)N(C)C)cc1N. The van der Waals surface area contributed by atoms with Crippen molar-refractivity contribution in [1.29, 1.82) is 0 Å². The summed E-state index contributed by atoms with van der Waals surface area (Å²) >= 11 is 0. The van der Waals surface area contributed by atoms with E-state index in [0.29, 0.717) is 5.69 Å². The summed E-state index contributed by atoms with van der Waals surface area (Å²) in [5, 5.41) is 0. The molecule has 0 aliphatic carbocycles. The molecule has 0 heterocycles. The van der Waals surface area contributed by atoms with Gasteiger partial charge >= 0.3 is 0 Å². The Morgan fingerprint density at radius 2 is 1.84 bits per heavy atom. The number of anilines is 2. The lowest BCUT2D eigenvalue weighted by Crippen LogP contribution is -2.25. The van der Waals surface area contributed by atoms with E-state index in [-0.39, 0.29) is 4.90 Å². The van der Waals surface area contributed by atoms with E-state index in [1.807, 2.05) is 0 Å². The van der Waals surface area contributed by atoms with Gasteiger partial charge in [-0.05, 0) is 31.5 Å². The first-order valence-corrected chi connectivity index (χ1v) is 7.85. The predicted molar refractivity (Wildman–Crippen MR) is 79.9 cm³/mol. The molecule has 0 saturated heterocycles. The predicted octanol–water partition coefficient (Wildman–Crippen LogP) is 1.76. The fourth-order valence-electron chi connectivity index (χ4n) is 1.91. The minimum atomic E-state index is -3.43. The molecule has 1 aromatic carbocycles. The third-order valence-corrected chi connectivity index (χ3v) is 4.80. The van der Waals surface area contributed by atoms with Crippen molar-refractivity contribution in [3.05, 3.63) is 18.2 Å². The lowest BCUT2D eigenvalue weighted by Gasteiger charge is -2.24. The number of nitrogens with zero attached hydrogens (tertiary/aromatic N) is 2. The Balaban J connectivity index is 3.17. The lowest BCUT2D eigenvalue weighted by molar-refractivity contribution is 0.521. The van der Waals surface area contributed by atoms with Gasteiger partial charge in [-0.1, -0.05) is 6.92 Å². The molecule has 1 rings (SSSR count). The van der Waals surface area contributed by atoms with Crippen LogP contribution in [-0.4, -0.2) is 39.9 Å². The van der Waals surface area contributed by atoms with E-state index in [9.17, 15) is 8.42 Å². The van der Waals surface area contributed by atoms with Crippen LogP contribution in [0.25, 0.3) is 0 Å². The van der Waals surface area contributed by atoms with Crippen LogP contribution in [0.3, 0.4) is 0 Å². The van der Waals surface area contributed by atoms with E-state index in [4.69, 9.17) is 5.73 Å². The van der Waals surface area contributed by atoms with Crippen molar-refractivity contribution in [2.24, 2.45) is 0 Å². The molecule has 0 amide bonds. The van der Waals surface area contributed by atoms with Crippen LogP contribution in [0, 0.1) is 0 Å². The summed E-state index contributed by atoms with van der Waals surface area (Å²) in [4.78, 5) is 2.37. The molecule has 0 bridgehead atoms. The lowest BCUT2D eigenvalue weighted by atomic mass is 10.2. The van der Waals surface area contributed by atoms with Gasteiger partial charge in [0.2, 0.25) is 10.0 Å². The zero-order chi connectivity index (χ0) is 14.6. The Morgan fingerprint density at radius 1 is 1.21 bits per heavy atom. The molecule has 5 nitrogen and oxygen atoms in total. The molecule has 0 atom stereocenters. The van der Waals surface area contributed by atoms with Crippen molar-refractivity contribution in [3.8, 4) is 0 Å². The molecule has 19 heavy (non-hydrogen) atoms. The van der Waals surface area contributed by atoms with Crippen LogP contribution in [0.5, 0.6) is 0 Å². The zero-order valence-corrected chi connectivity index (χ0v) is 12.9. The third-order valence-electron chi connectivity index (χ3n) is 2.99. The molecular weight excluding hydrogens is 262 g/mol. The second kappa shape index (κ2) is 6.25. The Hall–Kier alpha value is -1.27. The van der Waals surface area contributed by atoms with Gasteiger partial charge < -0.3 is 10.6 Å². The number of sulfonamides is 1. The van der Waals surface area contributed by atoms with Gasteiger partial charge in [-0.3, -0.25) is 0 Å². The Labute approximate surface area is 116 Å². The van der Waals surface area contributed by atoms with Crippen molar-refractivity contribution >= 4 is 21.4 Å². The van der Waals surface area contributed by atoms with Crippen molar-refractivity contribution in [3.63, 3.8) is 0 Å². The summed E-state index contributed by atoms with van der Waals surface area (Å²) in [7, 11) is -0.408. The molecule has 6 heteroatoms. The first kappa shape index (κ1) is 15.8. The number of nitrogen functional groups attached to an aromatic ring is 1. The van der Waals surface area contributed by atoms with Crippen LogP contribution in [0.15, 0.2) is 23.1 Å². The molecule has 0 aliphatic heterocycles. The van der Waals surface area contributed by atoms with Gasteiger partial charge in [0.25, 0.3) is 0 Å². The zero-order valence-electron chi connectivity index (χ0n) is 12.0. The Bertz CT molecular complexity index is 527. The van der Waals surface area contributed by atoms with Crippen LogP contribution in [-0.2, 0) is 10.0 Å². The van der Waals surface area contributed by atoms with Gasteiger partial charge in [0.05, 0.1) is 16.3 Å². The second-order valence-electron chi connectivity index (χ2n) is 4.59. The molecule has 0 saturated carbocycles. The van der Waals surface area contributed by atoms with Gasteiger partial charge in [-0.25, -0.2) is 12.7 Å². The quantitative estimate of drug-likeness (QED) is 0.809. The average molecular weight is 285 g/mol. The maximum absolute atomic E-state index is 12.0. The van der Waals surface area contributed by atoms with E-state index in [1.165, 1.54) is 24.5 Å². The van der Waals surface area contributed by atoms with Gasteiger partial charge in [0, 0.05) is 27.2 Å². The number of hydrogen-bond donors (Lipinski definition) is 1. The molecule has 0 fully saturated rings. The summed E-state index contributed by atoms with van der Waals surface area (Å²) in [6.07, 6.45) is 1.02. The van der Waals surface area contributed by atoms with Crippen LogP contribution in [0.1, 0.15) is 20.3 Å². The fraction of sp³-hybridized carbons (Fsp3) is 0.538. The topological polar surface area (TPSA) is 66.6 Å². The normalized spacial score (nSPS) is 11.8. The van der Waals surface area contributed by atoms with Crippen molar-refractivity contribution in [2.45, 2.75) is 25.2 Å². The molecule has 0 radical (unpaired) electrons. The minimum absolute atomic E-state index is 0.228. The first-order chi connectivity index (χ1) is 8.84. The maximum atomic E-state index is 12.0. The molecule has 0 aromatic heterocycles. The Morgan fingerprint density at radius 3 is 2.26 bits per heavy atom. The fourth-order valence-corrected chi connectivity index (χ4v) is 2.85. The summed E-state index contributed by atoms with van der Waals surface area (Å²) in [5.74, 6) is 0. The second-order valence-corrected chi connectivity index (χ2v) is 6.74. The molecule has 0 unspecified atom stereocenters. The van der Waals surface area contributed by atoms with E-state index in [1.54, 1.807) is 12.1 Å². The van der Waals surface area contributed by atoms with Gasteiger partial charge in [-0.15, -0.1) is 0 Å². The van der Waals surface area contributed by atoms with Crippen LogP contribution < -0.4 is 10.6 Å².